The topological polar surface area (TPSA) is 28.7 Å². The minimum Gasteiger partial charge on any atom is -0.340 e. The molecule has 0 spiro atoms. The van der Waals surface area contributed by atoms with Crippen LogP contribution in [0.15, 0.2) is 55.1 Å². The summed E-state index contributed by atoms with van der Waals surface area (Å²) in [7, 11) is 0. The normalized spacial score (nSPS) is 11.5. The van der Waals surface area contributed by atoms with Gasteiger partial charge in [0.15, 0.2) is 0 Å². The van der Waals surface area contributed by atoms with Crippen molar-refractivity contribution in [2.24, 2.45) is 0 Å². The smallest absolute Gasteiger partial charge is 0.0998 e. The molecule has 1 aromatic heterocycles. The Balaban J connectivity index is 2.22. The molecule has 0 N–H and O–H groups in total. The van der Waals surface area contributed by atoms with Gasteiger partial charge in [-0.25, -0.2) is 0 Å². The molecule has 25 heavy (non-hydrogen) atoms. The van der Waals surface area contributed by atoms with Gasteiger partial charge in [0, 0.05) is 28.7 Å². The molecule has 0 bridgehead atoms. The van der Waals surface area contributed by atoms with E-state index in [4.69, 9.17) is 23.2 Å². The van der Waals surface area contributed by atoms with Crippen molar-refractivity contribution >= 4 is 45.8 Å². The summed E-state index contributed by atoms with van der Waals surface area (Å²) in [6.07, 6.45) is 3.79. The van der Waals surface area contributed by atoms with Crippen molar-refractivity contribution in [3.05, 3.63) is 82.0 Å². The van der Waals surface area contributed by atoms with Gasteiger partial charge in [0.1, 0.15) is 0 Å². The van der Waals surface area contributed by atoms with Crippen molar-refractivity contribution in [3.63, 3.8) is 0 Å². The average Bonchev–Trinajstić information content (AvgIpc) is 2.88. The van der Waals surface area contributed by atoms with Gasteiger partial charge in [0.25, 0.3) is 0 Å². The Bertz CT molecular complexity index is 1040. The predicted octanol–water partition coefficient (Wildman–Crippen LogP) is 6.51. The van der Waals surface area contributed by atoms with Crippen LogP contribution in [0.25, 0.3) is 22.6 Å². The van der Waals surface area contributed by atoms with Crippen molar-refractivity contribution in [1.82, 2.24) is 4.57 Å². The van der Waals surface area contributed by atoms with E-state index < -0.39 is 0 Å². The lowest BCUT2D eigenvalue weighted by Crippen LogP contribution is -1.97. The Labute approximate surface area is 157 Å². The standard InChI is InChI=1S/C21H16Cl2N2/c1-3-10-25-14(2)18(17-6-4-5-7-21(17)25)11-16(13-24)15-8-9-19(22)20(23)12-15/h3-9,11-12H,1,10H2,2H3/b16-11+. The number of hydrogen-bond acceptors (Lipinski definition) is 1. The Morgan fingerprint density at radius 2 is 1.96 bits per heavy atom. The predicted molar refractivity (Wildman–Crippen MR) is 107 cm³/mol. The molecule has 0 fully saturated rings. The van der Waals surface area contributed by atoms with Crippen LogP contribution in [0.2, 0.25) is 10.0 Å². The first-order valence-corrected chi connectivity index (χ1v) is 8.58. The highest BCUT2D eigenvalue weighted by molar-refractivity contribution is 6.42. The van der Waals surface area contributed by atoms with Crippen molar-refractivity contribution in [2.75, 3.05) is 0 Å². The summed E-state index contributed by atoms with van der Waals surface area (Å²) in [4.78, 5) is 0. The molecule has 2 aromatic carbocycles. The summed E-state index contributed by atoms with van der Waals surface area (Å²) in [6.45, 7) is 6.61. The van der Waals surface area contributed by atoms with Crippen molar-refractivity contribution in [3.8, 4) is 6.07 Å². The van der Waals surface area contributed by atoms with Gasteiger partial charge in [-0.1, -0.05) is 53.5 Å². The number of para-hydroxylation sites is 1. The van der Waals surface area contributed by atoms with Crippen LogP contribution >= 0.6 is 23.2 Å². The average molecular weight is 367 g/mol. The third kappa shape index (κ3) is 3.22. The molecule has 0 unspecified atom stereocenters. The maximum Gasteiger partial charge on any atom is 0.0998 e. The summed E-state index contributed by atoms with van der Waals surface area (Å²) in [6, 6.07) is 15.7. The fourth-order valence-electron chi connectivity index (χ4n) is 2.99. The first-order chi connectivity index (χ1) is 12.1. The highest BCUT2D eigenvalue weighted by Crippen LogP contribution is 2.31. The quantitative estimate of drug-likeness (QED) is 0.382. The van der Waals surface area contributed by atoms with Crippen LogP contribution in [-0.2, 0) is 6.54 Å². The number of halogens is 2. The maximum atomic E-state index is 9.66. The lowest BCUT2D eigenvalue weighted by molar-refractivity contribution is 0.828. The van der Waals surface area contributed by atoms with Gasteiger partial charge in [0.05, 0.1) is 21.7 Å². The molecule has 0 atom stereocenters. The van der Waals surface area contributed by atoms with Crippen molar-refractivity contribution in [2.45, 2.75) is 13.5 Å². The first-order valence-electron chi connectivity index (χ1n) is 7.82. The number of benzene rings is 2. The number of rotatable bonds is 4. The largest absolute Gasteiger partial charge is 0.340 e. The number of fused-ring (bicyclic) bond motifs is 1. The van der Waals surface area contributed by atoms with Gasteiger partial charge in [-0.3, -0.25) is 0 Å². The van der Waals surface area contributed by atoms with Gasteiger partial charge in [-0.15, -0.1) is 6.58 Å². The Morgan fingerprint density at radius 3 is 2.64 bits per heavy atom. The van der Waals surface area contributed by atoms with E-state index in [0.29, 0.717) is 15.6 Å². The number of nitrogens with zero attached hydrogens (tertiary/aromatic N) is 2. The molecule has 1 heterocycles. The molecule has 0 amide bonds. The van der Waals surface area contributed by atoms with Crippen LogP contribution in [0.4, 0.5) is 0 Å². The van der Waals surface area contributed by atoms with Gasteiger partial charge in [-0.2, -0.15) is 5.26 Å². The second-order valence-corrected chi connectivity index (χ2v) is 6.53. The molecule has 0 saturated carbocycles. The molecule has 3 aromatic rings. The molecule has 2 nitrogen and oxygen atoms in total. The summed E-state index contributed by atoms with van der Waals surface area (Å²) < 4.78 is 2.19. The van der Waals surface area contributed by atoms with E-state index in [9.17, 15) is 5.26 Å². The van der Waals surface area contributed by atoms with Crippen LogP contribution in [-0.4, -0.2) is 4.57 Å². The lowest BCUT2D eigenvalue weighted by atomic mass is 10.0. The number of hydrogen-bond donors (Lipinski definition) is 0. The molecule has 3 rings (SSSR count). The molecular weight excluding hydrogens is 351 g/mol. The number of allylic oxidation sites excluding steroid dienone is 2. The van der Waals surface area contributed by atoms with Crippen LogP contribution in [0.5, 0.6) is 0 Å². The molecular formula is C21H16Cl2N2. The zero-order valence-electron chi connectivity index (χ0n) is 13.8. The Kier molecular flexibility index (Phi) is 4.99. The highest BCUT2D eigenvalue weighted by atomic mass is 35.5. The summed E-state index contributed by atoms with van der Waals surface area (Å²) in [5.41, 5.74) is 4.53. The van der Waals surface area contributed by atoms with E-state index in [-0.39, 0.29) is 0 Å². The first kappa shape index (κ1) is 17.4. The third-order valence-corrected chi connectivity index (χ3v) is 4.97. The van der Waals surface area contributed by atoms with E-state index >= 15 is 0 Å². The second-order valence-electron chi connectivity index (χ2n) is 5.71. The zero-order valence-corrected chi connectivity index (χ0v) is 15.3. The minimum atomic E-state index is 0.436. The number of nitriles is 1. The fraction of sp³-hybridized carbons (Fsp3) is 0.0952. The second kappa shape index (κ2) is 7.19. The van der Waals surface area contributed by atoms with Crippen LogP contribution in [0.1, 0.15) is 16.8 Å². The number of aromatic nitrogens is 1. The van der Waals surface area contributed by atoms with E-state index in [1.54, 1.807) is 12.1 Å². The van der Waals surface area contributed by atoms with E-state index in [1.165, 1.54) is 0 Å². The van der Waals surface area contributed by atoms with Gasteiger partial charge in [-0.05, 0) is 36.8 Å². The van der Waals surface area contributed by atoms with E-state index in [2.05, 4.69) is 36.3 Å². The monoisotopic (exact) mass is 366 g/mol. The third-order valence-electron chi connectivity index (χ3n) is 4.23. The molecule has 0 aliphatic heterocycles. The lowest BCUT2D eigenvalue weighted by Gasteiger charge is -2.05. The van der Waals surface area contributed by atoms with Crippen LogP contribution in [0, 0.1) is 18.3 Å². The SMILES string of the molecule is C=CCn1c(C)c(/C=C(\C#N)c2ccc(Cl)c(Cl)c2)c2ccccc21. The van der Waals surface area contributed by atoms with Gasteiger partial charge < -0.3 is 4.57 Å². The Hall–Kier alpha value is -2.47. The van der Waals surface area contributed by atoms with E-state index in [1.807, 2.05) is 30.4 Å². The molecule has 4 heteroatoms. The zero-order chi connectivity index (χ0) is 18.0. The van der Waals surface area contributed by atoms with Crippen LogP contribution < -0.4 is 0 Å². The van der Waals surface area contributed by atoms with E-state index in [0.717, 1.165) is 34.3 Å². The summed E-state index contributed by atoms with van der Waals surface area (Å²) >= 11 is 12.1. The van der Waals surface area contributed by atoms with Crippen LogP contribution in [0.3, 0.4) is 0 Å². The minimum absolute atomic E-state index is 0.436. The molecule has 0 aliphatic rings. The molecule has 0 saturated heterocycles. The molecule has 0 radical (unpaired) electrons. The van der Waals surface area contributed by atoms with Gasteiger partial charge in [0.2, 0.25) is 0 Å². The maximum absolute atomic E-state index is 9.66. The summed E-state index contributed by atoms with van der Waals surface area (Å²) in [5.74, 6) is 0. The fourth-order valence-corrected chi connectivity index (χ4v) is 3.29. The highest BCUT2D eigenvalue weighted by Gasteiger charge is 2.13. The molecule has 0 aliphatic carbocycles. The van der Waals surface area contributed by atoms with Gasteiger partial charge >= 0.3 is 0 Å². The Morgan fingerprint density at radius 1 is 1.20 bits per heavy atom. The van der Waals surface area contributed by atoms with Crippen molar-refractivity contribution < 1.29 is 0 Å². The summed E-state index contributed by atoms with van der Waals surface area (Å²) in [5, 5.41) is 11.7. The molecule has 124 valence electrons. The van der Waals surface area contributed by atoms with Crippen molar-refractivity contribution in [1.29, 1.82) is 5.26 Å².